The Morgan fingerprint density at radius 3 is 2.31 bits per heavy atom. The van der Waals surface area contributed by atoms with E-state index in [1.807, 2.05) is 77.2 Å². The molecular weight excluding hydrogens is 453 g/mol. The maximum Gasteiger partial charge on any atom is 0.0452 e. The number of benzene rings is 1. The summed E-state index contributed by atoms with van der Waals surface area (Å²) in [7, 11) is 0. The molecule has 4 heteroatoms. The van der Waals surface area contributed by atoms with Crippen LogP contribution < -0.4 is 0 Å². The average molecular weight is 495 g/mol. The van der Waals surface area contributed by atoms with Gasteiger partial charge in [0.2, 0.25) is 0 Å². The molecule has 3 rings (SSSR count). The maximum absolute atomic E-state index is 6.25. The van der Waals surface area contributed by atoms with Gasteiger partial charge >= 0.3 is 0 Å². The molecule has 0 N–H and O–H groups in total. The molecule has 178 valence electrons. The Kier molecular flexibility index (Phi) is 18.3. The van der Waals surface area contributed by atoms with Crippen LogP contribution in [0.15, 0.2) is 46.9 Å². The fourth-order valence-corrected chi connectivity index (χ4v) is 5.09. The number of allylic oxidation sites excluding steroid dienone is 2. The highest BCUT2D eigenvalue weighted by molar-refractivity contribution is 7.10. The first kappa shape index (κ1) is 30.6. The van der Waals surface area contributed by atoms with E-state index >= 15 is 0 Å². The third-order valence-corrected chi connectivity index (χ3v) is 6.60. The van der Waals surface area contributed by atoms with Crippen LogP contribution in [-0.4, -0.2) is 6.21 Å². The quantitative estimate of drug-likeness (QED) is 0.354. The number of hydrogen-bond donors (Lipinski definition) is 0. The Morgan fingerprint density at radius 1 is 1.06 bits per heavy atom. The molecule has 0 amide bonds. The predicted octanol–water partition coefficient (Wildman–Crippen LogP) is 10.8. The van der Waals surface area contributed by atoms with Crippen LogP contribution >= 0.6 is 34.5 Å². The first-order valence-electron chi connectivity index (χ1n) is 11.9. The van der Waals surface area contributed by atoms with Crippen LogP contribution in [0.5, 0.6) is 0 Å². The summed E-state index contributed by atoms with van der Waals surface area (Å²) in [6.07, 6.45) is 15.7. The molecule has 0 bridgehead atoms. The number of aliphatic imine (C=N–C) groups is 1. The summed E-state index contributed by atoms with van der Waals surface area (Å²) in [6, 6.07) is 5.80. The summed E-state index contributed by atoms with van der Waals surface area (Å²) in [5.41, 5.74) is 4.18. The van der Waals surface area contributed by atoms with Gasteiger partial charge in [-0.1, -0.05) is 82.1 Å². The van der Waals surface area contributed by atoms with Crippen molar-refractivity contribution in [3.63, 3.8) is 0 Å². The van der Waals surface area contributed by atoms with E-state index in [4.69, 9.17) is 23.2 Å². The second-order valence-corrected chi connectivity index (χ2v) is 8.52. The number of fused-ring (bicyclic) bond motifs is 1. The fraction of sp³-hybridized carbons (Fsp3) is 0.464. The summed E-state index contributed by atoms with van der Waals surface area (Å²) in [6.45, 7) is 14.1. The molecule has 1 heterocycles. The van der Waals surface area contributed by atoms with Crippen molar-refractivity contribution < 1.29 is 0 Å². The van der Waals surface area contributed by atoms with Gasteiger partial charge in [-0.05, 0) is 86.1 Å². The second kappa shape index (κ2) is 19.1. The minimum atomic E-state index is 0.705. The van der Waals surface area contributed by atoms with Crippen LogP contribution in [0.3, 0.4) is 0 Å². The Bertz CT molecular complexity index is 824. The van der Waals surface area contributed by atoms with Crippen molar-refractivity contribution in [1.29, 1.82) is 0 Å². The summed E-state index contributed by atoms with van der Waals surface area (Å²) in [5, 5.41) is 3.84. The fourth-order valence-electron chi connectivity index (χ4n) is 3.29. The van der Waals surface area contributed by atoms with Gasteiger partial charge in [-0.2, -0.15) is 0 Å². The van der Waals surface area contributed by atoms with Gasteiger partial charge in [-0.3, -0.25) is 4.99 Å². The molecule has 1 atom stereocenters. The average Bonchev–Trinajstić information content (AvgIpc) is 3.25. The molecule has 0 spiro atoms. The highest BCUT2D eigenvalue weighted by Crippen LogP contribution is 2.39. The number of hydrogen-bond acceptors (Lipinski definition) is 2. The van der Waals surface area contributed by atoms with Crippen molar-refractivity contribution in [3.05, 3.63) is 73.5 Å². The van der Waals surface area contributed by atoms with Gasteiger partial charge in [0.15, 0.2) is 0 Å². The minimum absolute atomic E-state index is 0.705. The molecule has 0 saturated carbocycles. The Hall–Kier alpha value is -1.35. The van der Waals surface area contributed by atoms with Gasteiger partial charge in [0.05, 0.1) is 0 Å². The van der Waals surface area contributed by atoms with E-state index in [9.17, 15) is 0 Å². The van der Waals surface area contributed by atoms with Crippen LogP contribution in [0, 0.1) is 0 Å². The van der Waals surface area contributed by atoms with Crippen LogP contribution in [0.1, 0.15) is 95.2 Å². The highest BCUT2D eigenvalue weighted by Gasteiger charge is 2.19. The van der Waals surface area contributed by atoms with E-state index in [1.54, 1.807) is 17.3 Å². The van der Waals surface area contributed by atoms with E-state index in [1.165, 1.54) is 29.5 Å². The molecule has 1 unspecified atom stereocenters. The maximum atomic E-state index is 6.25. The Morgan fingerprint density at radius 2 is 1.75 bits per heavy atom. The summed E-state index contributed by atoms with van der Waals surface area (Å²) < 4.78 is 0. The van der Waals surface area contributed by atoms with Gasteiger partial charge in [0.1, 0.15) is 0 Å². The third kappa shape index (κ3) is 10.5. The van der Waals surface area contributed by atoms with Gasteiger partial charge in [-0.15, -0.1) is 11.3 Å². The smallest absolute Gasteiger partial charge is 0.0452 e. The van der Waals surface area contributed by atoms with Crippen LogP contribution in [0.2, 0.25) is 10.0 Å². The normalized spacial score (nSPS) is 14.1. The summed E-state index contributed by atoms with van der Waals surface area (Å²) in [5.74, 6) is 0.726. The van der Waals surface area contributed by atoms with E-state index in [2.05, 4.69) is 29.4 Å². The molecule has 1 aromatic heterocycles. The number of rotatable bonds is 6. The first-order chi connectivity index (χ1) is 15.6. The molecule has 32 heavy (non-hydrogen) atoms. The Labute approximate surface area is 211 Å². The SMILES string of the molecule is CC.CC.CC=N/C=C\C.CCC1CC=Cc2c(CCCc3ccc(Cl)cc3Cl)csc21. The lowest BCUT2D eigenvalue weighted by atomic mass is 9.90. The number of nitrogens with zero attached hydrogens (tertiary/aromatic N) is 1. The third-order valence-electron chi connectivity index (χ3n) is 4.80. The van der Waals surface area contributed by atoms with Crippen LogP contribution in [0.4, 0.5) is 0 Å². The molecular formula is C28H41Cl2NS. The van der Waals surface area contributed by atoms with E-state index in [0.29, 0.717) is 5.02 Å². The summed E-state index contributed by atoms with van der Waals surface area (Å²) in [4.78, 5) is 5.37. The van der Waals surface area contributed by atoms with Crippen molar-refractivity contribution in [3.8, 4) is 0 Å². The number of halogens is 2. The van der Waals surface area contributed by atoms with Crippen LogP contribution in [-0.2, 0) is 12.8 Å². The van der Waals surface area contributed by atoms with E-state index in [-0.39, 0.29) is 0 Å². The van der Waals surface area contributed by atoms with Crippen molar-refractivity contribution in [2.75, 3.05) is 0 Å². The molecule has 0 aliphatic heterocycles. The van der Waals surface area contributed by atoms with Crippen LogP contribution in [0.25, 0.3) is 6.08 Å². The van der Waals surface area contributed by atoms with Gasteiger partial charge in [0, 0.05) is 27.3 Å². The van der Waals surface area contributed by atoms with Crippen molar-refractivity contribution in [2.24, 2.45) is 4.99 Å². The lowest BCUT2D eigenvalue weighted by molar-refractivity contribution is 0.679. The second-order valence-electron chi connectivity index (χ2n) is 6.76. The van der Waals surface area contributed by atoms with Gasteiger partial charge < -0.3 is 0 Å². The molecule has 1 nitrogen and oxygen atoms in total. The minimum Gasteiger partial charge on any atom is -0.270 e. The topological polar surface area (TPSA) is 12.4 Å². The largest absolute Gasteiger partial charge is 0.270 e. The lowest BCUT2D eigenvalue weighted by Crippen LogP contribution is -2.00. The number of aryl methyl sites for hydroxylation is 2. The van der Waals surface area contributed by atoms with Crippen molar-refractivity contribution >= 4 is 46.8 Å². The molecule has 0 fully saturated rings. The summed E-state index contributed by atoms with van der Waals surface area (Å²) >= 11 is 14.1. The van der Waals surface area contributed by atoms with Gasteiger partial charge in [0.25, 0.3) is 0 Å². The highest BCUT2D eigenvalue weighted by atomic mass is 35.5. The molecule has 1 aliphatic carbocycles. The molecule has 1 aromatic carbocycles. The van der Waals surface area contributed by atoms with Gasteiger partial charge in [-0.25, -0.2) is 0 Å². The van der Waals surface area contributed by atoms with Crippen molar-refractivity contribution in [1.82, 2.24) is 0 Å². The predicted molar refractivity (Wildman–Crippen MR) is 151 cm³/mol. The standard InChI is InChI=1S/C19H20Cl2S.C5H9N.2C2H6/c1-2-13-5-4-8-17-15(12-22-19(13)17)7-3-6-14-9-10-16(20)11-18(14)21;1-3-5-6-4-2;2*1-2/h4,8-13H,2-3,5-7H2,1H3;3-5H,1-2H3;2*1-2H3/b;5-3-,6-4?;;. The van der Waals surface area contributed by atoms with E-state index in [0.717, 1.165) is 30.2 Å². The monoisotopic (exact) mass is 493 g/mol. The molecule has 2 aromatic rings. The Balaban J connectivity index is 0.000000824. The molecule has 0 saturated heterocycles. The first-order valence-corrected chi connectivity index (χ1v) is 13.5. The van der Waals surface area contributed by atoms with Crippen molar-refractivity contribution in [2.45, 2.75) is 86.5 Å². The zero-order valence-electron chi connectivity index (χ0n) is 20.9. The zero-order valence-corrected chi connectivity index (χ0v) is 23.2. The molecule has 0 radical (unpaired) electrons. The zero-order chi connectivity index (χ0) is 24.4. The molecule has 1 aliphatic rings. The van der Waals surface area contributed by atoms with E-state index < -0.39 is 0 Å². The lowest BCUT2D eigenvalue weighted by Gasteiger charge is -2.17. The number of thiophene rings is 1.